The van der Waals surface area contributed by atoms with E-state index in [1.807, 2.05) is 42.2 Å². The van der Waals surface area contributed by atoms with Crippen molar-refractivity contribution in [3.8, 4) is 0 Å². The van der Waals surface area contributed by atoms with Crippen molar-refractivity contribution in [1.82, 2.24) is 29.9 Å². The Labute approximate surface area is 145 Å². The number of aryl methyl sites for hydroxylation is 1. The van der Waals surface area contributed by atoms with Crippen LogP contribution in [0.15, 0.2) is 36.7 Å². The molecule has 3 heterocycles. The summed E-state index contributed by atoms with van der Waals surface area (Å²) in [5, 5.41) is 8.36. The van der Waals surface area contributed by atoms with Gasteiger partial charge in [-0.2, -0.15) is 0 Å². The summed E-state index contributed by atoms with van der Waals surface area (Å²) in [6.07, 6.45) is 1.55. The Morgan fingerprint density at radius 3 is 2.56 bits per heavy atom. The summed E-state index contributed by atoms with van der Waals surface area (Å²) in [4.78, 5) is 25.3. The summed E-state index contributed by atoms with van der Waals surface area (Å²) >= 11 is 0. The van der Waals surface area contributed by atoms with Crippen LogP contribution in [0.3, 0.4) is 0 Å². The number of anilines is 1. The van der Waals surface area contributed by atoms with E-state index in [9.17, 15) is 4.79 Å². The summed E-state index contributed by atoms with van der Waals surface area (Å²) in [6.45, 7) is 5.45. The van der Waals surface area contributed by atoms with Crippen LogP contribution in [0.4, 0.5) is 5.82 Å². The molecule has 0 saturated carbocycles. The second kappa shape index (κ2) is 6.46. The fourth-order valence-corrected chi connectivity index (χ4v) is 3.11. The highest BCUT2D eigenvalue weighted by Crippen LogP contribution is 2.22. The van der Waals surface area contributed by atoms with Crippen molar-refractivity contribution in [2.24, 2.45) is 0 Å². The molecule has 1 aliphatic heterocycles. The first-order valence-electron chi connectivity index (χ1n) is 8.41. The van der Waals surface area contributed by atoms with E-state index in [1.54, 1.807) is 11.0 Å². The summed E-state index contributed by atoms with van der Waals surface area (Å²) in [5.74, 6) is 0.863. The highest BCUT2D eigenvalue weighted by molar-refractivity contribution is 5.94. The average molecular weight is 337 g/mol. The molecule has 128 valence electrons. The normalized spacial score (nSPS) is 14.9. The predicted molar refractivity (Wildman–Crippen MR) is 93.4 cm³/mol. The van der Waals surface area contributed by atoms with E-state index in [4.69, 9.17) is 0 Å². The van der Waals surface area contributed by atoms with Crippen molar-refractivity contribution in [1.29, 1.82) is 0 Å². The van der Waals surface area contributed by atoms with Crippen LogP contribution in [0.1, 0.15) is 17.3 Å². The third-order valence-corrected chi connectivity index (χ3v) is 4.47. The van der Waals surface area contributed by atoms with Gasteiger partial charge in [-0.05, 0) is 19.1 Å². The number of nitrogens with zero attached hydrogens (tertiary/aromatic N) is 7. The molecule has 1 amide bonds. The predicted octanol–water partition coefficient (Wildman–Crippen LogP) is 1.20. The standard InChI is InChI=1S/C17H19N7O/c1-2-24-16-14(20-21-24)15(18-12-19-16)22-8-10-23(11-9-22)17(25)13-6-4-3-5-7-13/h3-7,12H,2,8-11H2,1H3. The Hall–Kier alpha value is -3.03. The van der Waals surface area contributed by atoms with E-state index in [1.165, 1.54) is 0 Å². The van der Waals surface area contributed by atoms with E-state index >= 15 is 0 Å². The number of fused-ring (bicyclic) bond motifs is 1. The minimum Gasteiger partial charge on any atom is -0.351 e. The van der Waals surface area contributed by atoms with Crippen LogP contribution in [-0.4, -0.2) is 61.9 Å². The number of piperazine rings is 1. The minimum absolute atomic E-state index is 0.0741. The van der Waals surface area contributed by atoms with Crippen molar-refractivity contribution in [2.45, 2.75) is 13.5 Å². The van der Waals surface area contributed by atoms with Crippen molar-refractivity contribution in [2.75, 3.05) is 31.1 Å². The van der Waals surface area contributed by atoms with Crippen molar-refractivity contribution >= 4 is 22.9 Å². The molecule has 1 aromatic carbocycles. The smallest absolute Gasteiger partial charge is 0.253 e. The van der Waals surface area contributed by atoms with Crippen molar-refractivity contribution in [3.05, 3.63) is 42.2 Å². The molecule has 8 nitrogen and oxygen atoms in total. The van der Waals surface area contributed by atoms with Gasteiger partial charge in [-0.3, -0.25) is 4.79 Å². The van der Waals surface area contributed by atoms with E-state index in [-0.39, 0.29) is 5.91 Å². The quantitative estimate of drug-likeness (QED) is 0.714. The Bertz CT molecular complexity index is 884. The maximum Gasteiger partial charge on any atom is 0.253 e. The number of amides is 1. The Morgan fingerprint density at radius 1 is 1.08 bits per heavy atom. The fourth-order valence-electron chi connectivity index (χ4n) is 3.11. The number of benzene rings is 1. The van der Waals surface area contributed by atoms with Gasteiger partial charge in [0.25, 0.3) is 5.91 Å². The molecule has 1 saturated heterocycles. The molecule has 0 aliphatic carbocycles. The maximum atomic E-state index is 12.6. The fraction of sp³-hybridized carbons (Fsp3) is 0.353. The molecule has 25 heavy (non-hydrogen) atoms. The van der Waals surface area contributed by atoms with Crippen LogP contribution in [-0.2, 0) is 6.54 Å². The molecule has 8 heteroatoms. The third-order valence-electron chi connectivity index (χ3n) is 4.47. The molecular weight excluding hydrogens is 318 g/mol. The Morgan fingerprint density at radius 2 is 1.84 bits per heavy atom. The number of carbonyl (C=O) groups excluding carboxylic acids is 1. The summed E-state index contributed by atoms with van der Waals surface area (Å²) in [7, 11) is 0. The lowest BCUT2D eigenvalue weighted by Crippen LogP contribution is -2.49. The van der Waals surface area contributed by atoms with Gasteiger partial charge in [0.1, 0.15) is 6.33 Å². The van der Waals surface area contributed by atoms with Gasteiger partial charge in [-0.25, -0.2) is 14.6 Å². The zero-order valence-corrected chi connectivity index (χ0v) is 14.0. The highest BCUT2D eigenvalue weighted by atomic mass is 16.2. The molecule has 0 spiro atoms. The molecule has 1 aliphatic rings. The van der Waals surface area contributed by atoms with Crippen LogP contribution in [0.2, 0.25) is 0 Å². The SMILES string of the molecule is CCn1nnc2c(N3CCN(C(=O)c4ccccc4)CC3)ncnc21. The molecule has 0 unspecified atom stereocenters. The van der Waals surface area contributed by atoms with E-state index in [0.717, 1.165) is 17.0 Å². The molecule has 1 fully saturated rings. The summed E-state index contributed by atoms with van der Waals surface area (Å²) < 4.78 is 1.76. The maximum absolute atomic E-state index is 12.6. The largest absolute Gasteiger partial charge is 0.351 e. The van der Waals surface area contributed by atoms with Crippen LogP contribution in [0, 0.1) is 0 Å². The average Bonchev–Trinajstić information content (AvgIpc) is 3.11. The van der Waals surface area contributed by atoms with Gasteiger partial charge in [0.2, 0.25) is 0 Å². The number of hydrogen-bond acceptors (Lipinski definition) is 6. The van der Waals surface area contributed by atoms with Gasteiger partial charge in [0.05, 0.1) is 0 Å². The first-order chi connectivity index (χ1) is 12.3. The van der Waals surface area contributed by atoms with Crippen LogP contribution < -0.4 is 4.90 Å². The molecule has 0 bridgehead atoms. The van der Waals surface area contributed by atoms with Gasteiger partial charge in [0.15, 0.2) is 17.0 Å². The molecule has 0 radical (unpaired) electrons. The second-order valence-corrected chi connectivity index (χ2v) is 5.92. The van der Waals surface area contributed by atoms with Crippen molar-refractivity contribution < 1.29 is 4.79 Å². The first kappa shape index (κ1) is 15.5. The minimum atomic E-state index is 0.0741. The molecule has 0 atom stereocenters. The van der Waals surface area contributed by atoms with E-state index in [2.05, 4.69) is 25.2 Å². The number of carbonyl (C=O) groups is 1. The lowest BCUT2D eigenvalue weighted by atomic mass is 10.2. The van der Waals surface area contributed by atoms with Gasteiger partial charge >= 0.3 is 0 Å². The molecule has 3 aromatic rings. The second-order valence-electron chi connectivity index (χ2n) is 5.92. The Balaban J connectivity index is 1.51. The molecule has 4 rings (SSSR count). The van der Waals surface area contributed by atoms with Crippen LogP contribution >= 0.6 is 0 Å². The van der Waals surface area contributed by atoms with Gasteiger partial charge in [-0.15, -0.1) is 5.10 Å². The lowest BCUT2D eigenvalue weighted by Gasteiger charge is -2.35. The van der Waals surface area contributed by atoms with Gasteiger partial charge < -0.3 is 9.80 Å². The van der Waals surface area contributed by atoms with E-state index in [0.29, 0.717) is 38.2 Å². The highest BCUT2D eigenvalue weighted by Gasteiger charge is 2.25. The zero-order valence-electron chi connectivity index (χ0n) is 14.0. The monoisotopic (exact) mass is 337 g/mol. The lowest BCUT2D eigenvalue weighted by molar-refractivity contribution is 0.0746. The van der Waals surface area contributed by atoms with Crippen LogP contribution in [0.25, 0.3) is 11.2 Å². The molecular formula is C17H19N7O. The molecule has 0 N–H and O–H groups in total. The van der Waals surface area contributed by atoms with Crippen LogP contribution in [0.5, 0.6) is 0 Å². The third kappa shape index (κ3) is 2.79. The van der Waals surface area contributed by atoms with Gasteiger partial charge in [0, 0.05) is 38.3 Å². The number of aromatic nitrogens is 5. The number of hydrogen-bond donors (Lipinski definition) is 0. The molecule has 2 aromatic heterocycles. The Kier molecular flexibility index (Phi) is 4.01. The van der Waals surface area contributed by atoms with Gasteiger partial charge in [-0.1, -0.05) is 23.4 Å². The number of rotatable bonds is 3. The van der Waals surface area contributed by atoms with E-state index < -0.39 is 0 Å². The zero-order chi connectivity index (χ0) is 17.2. The topological polar surface area (TPSA) is 80.0 Å². The first-order valence-corrected chi connectivity index (χ1v) is 8.41. The summed E-state index contributed by atoms with van der Waals surface area (Å²) in [5.41, 5.74) is 2.19. The summed E-state index contributed by atoms with van der Waals surface area (Å²) in [6, 6.07) is 9.40. The van der Waals surface area contributed by atoms with Crippen molar-refractivity contribution in [3.63, 3.8) is 0 Å².